The topological polar surface area (TPSA) is 62.1 Å². The number of esters is 1. The smallest absolute Gasteiger partial charge is 0.338 e. The Kier molecular flexibility index (Phi) is 4.77. The van der Waals surface area contributed by atoms with Gasteiger partial charge in [-0.2, -0.15) is 5.26 Å². The molecule has 0 aliphatic heterocycles. The lowest BCUT2D eigenvalue weighted by Crippen LogP contribution is -2.04. The van der Waals surface area contributed by atoms with Crippen molar-refractivity contribution in [3.05, 3.63) is 83.9 Å². The molecule has 122 valence electrons. The Labute approximate surface area is 146 Å². The molecule has 0 saturated heterocycles. The molecule has 3 aromatic rings. The van der Waals surface area contributed by atoms with Crippen LogP contribution in [0.3, 0.4) is 0 Å². The second-order valence-electron chi connectivity index (χ2n) is 5.43. The number of nitrogens with one attached hydrogen (secondary N) is 1. The highest BCUT2D eigenvalue weighted by atomic mass is 16.5. The van der Waals surface area contributed by atoms with Crippen LogP contribution in [0.5, 0.6) is 0 Å². The summed E-state index contributed by atoms with van der Waals surface area (Å²) in [6, 6.07) is 24.5. The van der Waals surface area contributed by atoms with Gasteiger partial charge in [0.1, 0.15) is 0 Å². The lowest BCUT2D eigenvalue weighted by atomic mass is 9.99. The van der Waals surface area contributed by atoms with Gasteiger partial charge in [-0.1, -0.05) is 30.3 Å². The molecule has 0 unspecified atom stereocenters. The fourth-order valence-electron chi connectivity index (χ4n) is 2.56. The maximum Gasteiger partial charge on any atom is 0.338 e. The van der Waals surface area contributed by atoms with Gasteiger partial charge in [0.15, 0.2) is 0 Å². The van der Waals surface area contributed by atoms with Crippen molar-refractivity contribution < 1.29 is 9.53 Å². The quantitative estimate of drug-likeness (QED) is 0.702. The van der Waals surface area contributed by atoms with Crippen LogP contribution >= 0.6 is 0 Å². The third-order valence-corrected chi connectivity index (χ3v) is 3.81. The fraction of sp³-hybridized carbons (Fsp3) is 0.0476. The first kappa shape index (κ1) is 16.3. The first-order valence-corrected chi connectivity index (χ1v) is 7.76. The molecule has 0 aromatic heterocycles. The van der Waals surface area contributed by atoms with E-state index in [0.717, 1.165) is 22.5 Å². The number of benzene rings is 3. The summed E-state index contributed by atoms with van der Waals surface area (Å²) in [6.45, 7) is 0. The predicted octanol–water partition coefficient (Wildman–Crippen LogP) is 4.76. The lowest BCUT2D eigenvalue weighted by Gasteiger charge is -2.12. The van der Waals surface area contributed by atoms with Gasteiger partial charge >= 0.3 is 5.97 Å². The van der Waals surface area contributed by atoms with Gasteiger partial charge in [0, 0.05) is 11.4 Å². The molecule has 0 heterocycles. The maximum absolute atomic E-state index is 12.1. The monoisotopic (exact) mass is 328 g/mol. The molecule has 3 rings (SSSR count). The Morgan fingerprint density at radius 3 is 2.28 bits per heavy atom. The summed E-state index contributed by atoms with van der Waals surface area (Å²) in [4.78, 5) is 12.1. The SMILES string of the molecule is COC(=O)c1ccc(Nc2ccc(C#N)cc2)cc1-c1ccccc1. The van der Waals surface area contributed by atoms with Gasteiger partial charge < -0.3 is 10.1 Å². The van der Waals surface area contributed by atoms with E-state index in [1.54, 1.807) is 18.2 Å². The number of nitrogens with zero attached hydrogens (tertiary/aromatic N) is 1. The summed E-state index contributed by atoms with van der Waals surface area (Å²) in [5, 5.41) is 12.2. The molecule has 4 heteroatoms. The van der Waals surface area contributed by atoms with E-state index in [1.165, 1.54) is 7.11 Å². The summed E-state index contributed by atoms with van der Waals surface area (Å²) in [6.07, 6.45) is 0. The first-order chi connectivity index (χ1) is 12.2. The summed E-state index contributed by atoms with van der Waals surface area (Å²) in [5.74, 6) is -0.372. The van der Waals surface area contributed by atoms with Crippen LogP contribution in [-0.4, -0.2) is 13.1 Å². The molecule has 0 aliphatic rings. The molecule has 0 saturated carbocycles. The van der Waals surface area contributed by atoms with Crippen LogP contribution in [0.4, 0.5) is 11.4 Å². The highest BCUT2D eigenvalue weighted by Crippen LogP contribution is 2.29. The molecule has 0 fully saturated rings. The number of hydrogen-bond acceptors (Lipinski definition) is 4. The number of carbonyl (C=O) groups is 1. The zero-order valence-corrected chi connectivity index (χ0v) is 13.7. The second kappa shape index (κ2) is 7.33. The number of methoxy groups -OCH3 is 1. The van der Waals surface area contributed by atoms with Gasteiger partial charge in [0.25, 0.3) is 0 Å². The van der Waals surface area contributed by atoms with Crippen molar-refractivity contribution in [2.75, 3.05) is 12.4 Å². The average Bonchev–Trinajstić information content (AvgIpc) is 2.68. The van der Waals surface area contributed by atoms with Crippen molar-refractivity contribution in [2.45, 2.75) is 0 Å². The Balaban J connectivity index is 1.98. The molecule has 0 spiro atoms. The number of hydrogen-bond donors (Lipinski definition) is 1. The highest BCUT2D eigenvalue weighted by molar-refractivity contribution is 5.98. The largest absolute Gasteiger partial charge is 0.465 e. The molecule has 0 radical (unpaired) electrons. The zero-order valence-electron chi connectivity index (χ0n) is 13.7. The average molecular weight is 328 g/mol. The number of rotatable bonds is 4. The third-order valence-electron chi connectivity index (χ3n) is 3.81. The standard InChI is InChI=1S/C21H16N2O2/c1-25-21(24)19-12-11-18(13-20(19)16-5-3-2-4-6-16)23-17-9-7-15(14-22)8-10-17/h2-13,23H,1H3. The number of ether oxygens (including phenoxy) is 1. The minimum atomic E-state index is -0.372. The molecule has 25 heavy (non-hydrogen) atoms. The molecule has 0 amide bonds. The molecule has 1 N–H and O–H groups in total. The van der Waals surface area contributed by atoms with Crippen LogP contribution in [0.1, 0.15) is 15.9 Å². The Morgan fingerprint density at radius 2 is 1.64 bits per heavy atom. The Hall–Kier alpha value is -3.58. The second-order valence-corrected chi connectivity index (χ2v) is 5.43. The van der Waals surface area contributed by atoms with Crippen molar-refractivity contribution >= 4 is 17.3 Å². The molecule has 0 atom stereocenters. The van der Waals surface area contributed by atoms with E-state index in [9.17, 15) is 4.79 Å². The number of anilines is 2. The van der Waals surface area contributed by atoms with Crippen molar-refractivity contribution in [3.63, 3.8) is 0 Å². The zero-order chi connectivity index (χ0) is 17.6. The van der Waals surface area contributed by atoms with E-state index in [-0.39, 0.29) is 5.97 Å². The minimum absolute atomic E-state index is 0.372. The van der Waals surface area contributed by atoms with Crippen molar-refractivity contribution in [2.24, 2.45) is 0 Å². The fourth-order valence-corrected chi connectivity index (χ4v) is 2.56. The molecule has 0 bridgehead atoms. The van der Waals surface area contributed by atoms with Gasteiger partial charge in [-0.25, -0.2) is 4.79 Å². The highest BCUT2D eigenvalue weighted by Gasteiger charge is 2.14. The normalized spacial score (nSPS) is 9.92. The molecule has 3 aromatic carbocycles. The number of nitriles is 1. The Bertz CT molecular complexity index is 926. The lowest BCUT2D eigenvalue weighted by molar-refractivity contribution is 0.0601. The van der Waals surface area contributed by atoms with Crippen molar-refractivity contribution in [3.8, 4) is 17.2 Å². The number of carbonyl (C=O) groups excluding carboxylic acids is 1. The van der Waals surface area contributed by atoms with Crippen LogP contribution < -0.4 is 5.32 Å². The van der Waals surface area contributed by atoms with Crippen molar-refractivity contribution in [1.82, 2.24) is 0 Å². The molecule has 0 aliphatic carbocycles. The summed E-state index contributed by atoms with van der Waals surface area (Å²) >= 11 is 0. The Morgan fingerprint density at radius 1 is 0.960 bits per heavy atom. The first-order valence-electron chi connectivity index (χ1n) is 7.76. The van der Waals surface area contributed by atoms with Crippen LogP contribution in [0.2, 0.25) is 0 Å². The van der Waals surface area contributed by atoms with E-state index in [0.29, 0.717) is 11.1 Å². The van der Waals surface area contributed by atoms with E-state index in [1.807, 2.05) is 54.6 Å². The van der Waals surface area contributed by atoms with E-state index in [2.05, 4.69) is 11.4 Å². The van der Waals surface area contributed by atoms with Crippen LogP contribution in [-0.2, 0) is 4.74 Å². The van der Waals surface area contributed by atoms with Gasteiger partial charge in [-0.3, -0.25) is 0 Å². The van der Waals surface area contributed by atoms with Crippen LogP contribution in [0.15, 0.2) is 72.8 Å². The maximum atomic E-state index is 12.1. The minimum Gasteiger partial charge on any atom is -0.465 e. The van der Waals surface area contributed by atoms with Crippen LogP contribution in [0.25, 0.3) is 11.1 Å². The van der Waals surface area contributed by atoms with Crippen molar-refractivity contribution in [1.29, 1.82) is 5.26 Å². The van der Waals surface area contributed by atoms with Gasteiger partial charge in [-0.05, 0) is 53.6 Å². The van der Waals surface area contributed by atoms with E-state index in [4.69, 9.17) is 10.00 Å². The molecular weight excluding hydrogens is 312 g/mol. The van der Waals surface area contributed by atoms with E-state index < -0.39 is 0 Å². The summed E-state index contributed by atoms with van der Waals surface area (Å²) in [5.41, 5.74) is 4.56. The van der Waals surface area contributed by atoms with Gasteiger partial charge in [0.05, 0.1) is 24.3 Å². The van der Waals surface area contributed by atoms with Crippen LogP contribution in [0, 0.1) is 11.3 Å². The third kappa shape index (κ3) is 3.67. The van der Waals surface area contributed by atoms with Gasteiger partial charge in [0.2, 0.25) is 0 Å². The van der Waals surface area contributed by atoms with E-state index >= 15 is 0 Å². The molecular formula is C21H16N2O2. The molecule has 4 nitrogen and oxygen atoms in total. The summed E-state index contributed by atoms with van der Waals surface area (Å²) in [7, 11) is 1.38. The predicted molar refractivity (Wildman–Crippen MR) is 97.7 cm³/mol. The summed E-state index contributed by atoms with van der Waals surface area (Å²) < 4.78 is 4.89. The van der Waals surface area contributed by atoms with Gasteiger partial charge in [-0.15, -0.1) is 0 Å².